The van der Waals surface area contributed by atoms with Gasteiger partial charge in [0.05, 0.1) is 0 Å². The summed E-state index contributed by atoms with van der Waals surface area (Å²) in [4.78, 5) is 0. The van der Waals surface area contributed by atoms with Crippen molar-refractivity contribution in [2.24, 2.45) is 0 Å². The van der Waals surface area contributed by atoms with Crippen molar-refractivity contribution in [3.63, 3.8) is 0 Å². The molecule has 4 heavy (non-hydrogen) atoms. The molecule has 0 fully saturated rings. The zero-order chi connectivity index (χ0) is 0. The van der Waals surface area contributed by atoms with E-state index in [9.17, 15) is 0 Å². The Kier molecular flexibility index (Phi) is 221. The normalized spacial score (nSPS) is 0. The van der Waals surface area contributed by atoms with Gasteiger partial charge in [-0.1, -0.05) is 0 Å². The maximum Gasteiger partial charge on any atom is 0 e. The van der Waals surface area contributed by atoms with Crippen molar-refractivity contribution in [3.05, 3.63) is 0 Å². The van der Waals surface area contributed by atoms with Crippen molar-refractivity contribution in [1.82, 2.24) is 0 Å². The predicted octanol–water partition coefficient (Wildman–Crippen LogP) is -7.20. The molecule has 0 atom stereocenters. The number of halogens is 2. The third-order valence-corrected chi connectivity index (χ3v) is 0. The Balaban J connectivity index is 0. The van der Waals surface area contributed by atoms with Gasteiger partial charge in [0.2, 0.25) is 0 Å². The van der Waals surface area contributed by atoms with Crippen LogP contribution in [0.1, 0.15) is 0 Å². The minimum absolute atomic E-state index is 0. The van der Waals surface area contributed by atoms with Crippen molar-refractivity contribution >= 4 is 37.7 Å². The van der Waals surface area contributed by atoms with Gasteiger partial charge in [0.1, 0.15) is 0 Å². The van der Waals surface area contributed by atoms with E-state index < -0.39 is 0 Å². The fourth-order valence-corrected chi connectivity index (χ4v) is 0. The van der Waals surface area contributed by atoms with Crippen LogP contribution in [0.15, 0.2) is 0 Å². The van der Waals surface area contributed by atoms with E-state index in [1.54, 1.807) is 0 Å². The van der Waals surface area contributed by atoms with Crippen LogP contribution >= 0.6 is 0 Å². The summed E-state index contributed by atoms with van der Waals surface area (Å²) in [6.07, 6.45) is 0. The zero-order valence-electron chi connectivity index (χ0n) is 1.96. The van der Waals surface area contributed by atoms with Crippen molar-refractivity contribution in [3.8, 4) is 0 Å². The second-order valence-corrected chi connectivity index (χ2v) is 0. The van der Waals surface area contributed by atoms with Gasteiger partial charge in [-0.25, -0.2) is 0 Å². The van der Waals surface area contributed by atoms with E-state index in [0.29, 0.717) is 0 Å². The maximum absolute atomic E-state index is 0. The second kappa shape index (κ2) is 21.4. The molecule has 0 rings (SSSR count). The van der Waals surface area contributed by atoms with Gasteiger partial charge < -0.3 is 30.3 Å². The van der Waals surface area contributed by atoms with Crippen LogP contribution < -0.4 is 24.8 Å². The topological polar surface area (TPSA) is 31.5 Å². The summed E-state index contributed by atoms with van der Waals surface area (Å²) in [7, 11) is 0. The van der Waals surface area contributed by atoms with Crippen molar-refractivity contribution in [2.45, 2.75) is 0 Å². The Morgan fingerprint density at radius 1 is 0.750 bits per heavy atom. The Labute approximate surface area is 67.3 Å². The average Bonchev–Trinajstić information content (AvgIpc) is 0. The van der Waals surface area contributed by atoms with Crippen LogP contribution in [0.25, 0.3) is 0 Å². The summed E-state index contributed by atoms with van der Waals surface area (Å²) in [6, 6.07) is 0. The van der Waals surface area contributed by atoms with Crippen LogP contribution in [-0.4, -0.2) is 43.2 Å². The molecule has 4 heteroatoms. The smallest absolute Gasteiger partial charge is 0 e. The molecule has 1 nitrogen and oxygen atoms in total. The molecule has 0 aromatic heterocycles. The van der Waals surface area contributed by atoms with Crippen LogP contribution in [0.3, 0.4) is 0 Å². The first-order chi connectivity index (χ1) is 0. The third-order valence-electron chi connectivity index (χ3n) is 0. The van der Waals surface area contributed by atoms with E-state index >= 15 is 0 Å². The van der Waals surface area contributed by atoms with Crippen LogP contribution in [0.2, 0.25) is 0 Å². The van der Waals surface area contributed by atoms with Gasteiger partial charge in [-0.05, 0) is 0 Å². The molecule has 26 valence electrons. The van der Waals surface area contributed by atoms with E-state index in [2.05, 4.69) is 0 Å². The van der Waals surface area contributed by atoms with Gasteiger partial charge in [0, 0.05) is 37.7 Å². The van der Waals surface area contributed by atoms with Gasteiger partial charge >= 0.3 is 0 Å². The molecule has 2 N–H and O–H groups in total. The first-order valence-electron chi connectivity index (χ1n) is 0. The SMILES string of the molecule is O.[Ca].[Cl-].[Cl-]. The first kappa shape index (κ1) is 41.3. The average molecular weight is 129 g/mol. The minimum atomic E-state index is 0. The summed E-state index contributed by atoms with van der Waals surface area (Å²) >= 11 is 0. The van der Waals surface area contributed by atoms with E-state index in [0.717, 1.165) is 0 Å². The maximum atomic E-state index is 0. The molecule has 0 aromatic carbocycles. The Morgan fingerprint density at radius 2 is 0.750 bits per heavy atom. The molecular formula is H2CaCl2O-2. The van der Waals surface area contributed by atoms with Gasteiger partial charge in [-0.2, -0.15) is 0 Å². The molecule has 2 radical (unpaired) electrons. The summed E-state index contributed by atoms with van der Waals surface area (Å²) < 4.78 is 0. The molecule has 0 bridgehead atoms. The largest absolute Gasteiger partial charge is 1.00 e. The van der Waals surface area contributed by atoms with Crippen LogP contribution in [-0.2, 0) is 0 Å². The van der Waals surface area contributed by atoms with Gasteiger partial charge in [-0.15, -0.1) is 0 Å². The van der Waals surface area contributed by atoms with Crippen molar-refractivity contribution < 1.29 is 30.3 Å². The zero-order valence-corrected chi connectivity index (χ0v) is 5.68. The summed E-state index contributed by atoms with van der Waals surface area (Å²) in [6.45, 7) is 0. The Bertz CT molecular complexity index is 6.00. The van der Waals surface area contributed by atoms with Gasteiger partial charge in [0.25, 0.3) is 0 Å². The van der Waals surface area contributed by atoms with Gasteiger partial charge in [0.15, 0.2) is 0 Å². The molecule has 0 amide bonds. The summed E-state index contributed by atoms with van der Waals surface area (Å²) in [5, 5.41) is 0. The molecule has 0 aliphatic heterocycles. The quantitative estimate of drug-likeness (QED) is 0.291. The number of hydrogen-bond acceptors (Lipinski definition) is 0. The van der Waals surface area contributed by atoms with Crippen LogP contribution in [0, 0.1) is 0 Å². The van der Waals surface area contributed by atoms with Crippen molar-refractivity contribution in [1.29, 1.82) is 0 Å². The van der Waals surface area contributed by atoms with Crippen LogP contribution in [0.5, 0.6) is 0 Å². The molecular weight excluding hydrogens is 127 g/mol. The van der Waals surface area contributed by atoms with E-state index in [1.807, 2.05) is 0 Å². The van der Waals surface area contributed by atoms with Crippen LogP contribution in [0.4, 0.5) is 0 Å². The van der Waals surface area contributed by atoms with E-state index in [-0.39, 0.29) is 68.0 Å². The number of rotatable bonds is 0. The fraction of sp³-hybridized carbons (Fsp3) is 0. The standard InChI is InChI=1S/Ca.2ClH.H2O/h;2*1H;1H2/p-2. The second-order valence-electron chi connectivity index (χ2n) is 0. The first-order valence-corrected chi connectivity index (χ1v) is 0. The minimum Gasteiger partial charge on any atom is -1.00 e. The Morgan fingerprint density at radius 3 is 0.750 bits per heavy atom. The Hall–Kier alpha value is 1.80. The molecule has 0 heterocycles. The van der Waals surface area contributed by atoms with Gasteiger partial charge in [-0.3, -0.25) is 0 Å². The number of hydrogen-bond donors (Lipinski definition) is 0. The molecule has 0 aromatic rings. The molecule has 0 unspecified atom stereocenters. The van der Waals surface area contributed by atoms with E-state index in [4.69, 9.17) is 0 Å². The third kappa shape index (κ3) is 9.20. The van der Waals surface area contributed by atoms with E-state index in [1.165, 1.54) is 0 Å². The monoisotopic (exact) mass is 128 g/mol. The fourth-order valence-electron chi connectivity index (χ4n) is 0. The summed E-state index contributed by atoms with van der Waals surface area (Å²) in [5.74, 6) is 0. The summed E-state index contributed by atoms with van der Waals surface area (Å²) in [5.41, 5.74) is 0. The molecule has 0 aliphatic rings. The predicted molar refractivity (Wildman–Crippen MR) is 9.37 cm³/mol. The molecule has 0 saturated heterocycles. The molecule has 0 spiro atoms. The van der Waals surface area contributed by atoms with Crippen molar-refractivity contribution in [2.75, 3.05) is 0 Å². The molecule has 0 saturated carbocycles. The molecule has 0 aliphatic carbocycles.